The zero-order valence-electron chi connectivity index (χ0n) is 13.0. The fourth-order valence-electron chi connectivity index (χ4n) is 2.37. The van der Waals surface area contributed by atoms with Gasteiger partial charge in [-0.2, -0.15) is 0 Å². The zero-order valence-corrected chi connectivity index (χ0v) is 13.0. The molecule has 0 aromatic heterocycles. The van der Waals surface area contributed by atoms with Crippen LogP contribution in [-0.4, -0.2) is 13.2 Å². The molecule has 2 aromatic carbocycles. The van der Waals surface area contributed by atoms with E-state index in [0.717, 1.165) is 16.9 Å². The fourth-order valence-corrected chi connectivity index (χ4v) is 2.37. The van der Waals surface area contributed by atoms with E-state index >= 15 is 0 Å². The summed E-state index contributed by atoms with van der Waals surface area (Å²) in [7, 11) is 1.87. The summed E-state index contributed by atoms with van der Waals surface area (Å²) in [4.78, 5) is 0. The lowest BCUT2D eigenvalue weighted by Crippen LogP contribution is -2.20. The second kappa shape index (κ2) is 6.72. The molecular weight excluding hydrogens is 265 g/mol. The van der Waals surface area contributed by atoms with Gasteiger partial charge in [0.05, 0.1) is 12.1 Å². The van der Waals surface area contributed by atoms with Crippen molar-refractivity contribution in [1.29, 1.82) is 0 Å². The van der Waals surface area contributed by atoms with Gasteiger partial charge < -0.3 is 10.1 Å². The van der Waals surface area contributed by atoms with Crippen molar-refractivity contribution in [2.45, 2.75) is 32.9 Å². The number of hydrogen-bond acceptors (Lipinski definition) is 2. The molecule has 1 unspecified atom stereocenters. The quantitative estimate of drug-likeness (QED) is 0.888. The minimum absolute atomic E-state index is 0.0958. The Balaban J connectivity index is 2.43. The molecule has 0 radical (unpaired) electrons. The lowest BCUT2D eigenvalue weighted by molar-refractivity contribution is 0.238. The Morgan fingerprint density at radius 2 is 1.81 bits per heavy atom. The molecule has 1 N–H and O–H groups in total. The Kier molecular flexibility index (Phi) is 4.97. The van der Waals surface area contributed by atoms with Gasteiger partial charge in [0.1, 0.15) is 11.6 Å². The number of nitrogens with one attached hydrogen (secondary N) is 1. The van der Waals surface area contributed by atoms with Gasteiger partial charge in [-0.15, -0.1) is 0 Å². The third-order valence-electron chi connectivity index (χ3n) is 3.41. The Morgan fingerprint density at radius 1 is 1.10 bits per heavy atom. The molecule has 0 bridgehead atoms. The molecule has 0 aliphatic rings. The molecule has 112 valence electrons. The first-order valence-corrected chi connectivity index (χ1v) is 7.21. The van der Waals surface area contributed by atoms with Crippen LogP contribution < -0.4 is 10.1 Å². The molecule has 3 heteroatoms. The molecule has 0 aliphatic heterocycles. The Morgan fingerprint density at radius 3 is 2.43 bits per heavy atom. The number of benzene rings is 2. The van der Waals surface area contributed by atoms with Crippen LogP contribution in [0.15, 0.2) is 42.5 Å². The van der Waals surface area contributed by atoms with E-state index in [1.165, 1.54) is 0 Å². The number of rotatable bonds is 5. The van der Waals surface area contributed by atoms with Crippen molar-refractivity contribution in [2.24, 2.45) is 0 Å². The van der Waals surface area contributed by atoms with Crippen LogP contribution in [0.5, 0.6) is 5.75 Å². The summed E-state index contributed by atoms with van der Waals surface area (Å²) in [6, 6.07) is 13.1. The molecule has 2 aromatic rings. The maximum atomic E-state index is 13.8. The van der Waals surface area contributed by atoms with E-state index in [-0.39, 0.29) is 18.0 Å². The standard InChI is InChI=1S/C18H22FNO/c1-12(2)21-17-8-6-5-7-15(17)18(20-4)14-10-9-13(3)16(19)11-14/h5-12,18,20H,1-4H3. The molecule has 0 saturated carbocycles. The van der Waals surface area contributed by atoms with Crippen LogP contribution in [0.25, 0.3) is 0 Å². The van der Waals surface area contributed by atoms with E-state index in [1.807, 2.05) is 51.2 Å². The van der Waals surface area contributed by atoms with E-state index in [9.17, 15) is 4.39 Å². The minimum atomic E-state index is -0.185. The summed E-state index contributed by atoms with van der Waals surface area (Å²) in [5, 5.41) is 3.25. The Labute approximate surface area is 126 Å². The van der Waals surface area contributed by atoms with Gasteiger partial charge in [-0.25, -0.2) is 4.39 Å². The summed E-state index contributed by atoms with van der Waals surface area (Å²) in [5.41, 5.74) is 2.55. The third kappa shape index (κ3) is 3.61. The van der Waals surface area contributed by atoms with Crippen molar-refractivity contribution in [1.82, 2.24) is 5.32 Å². The van der Waals surface area contributed by atoms with E-state index < -0.39 is 0 Å². The average molecular weight is 287 g/mol. The van der Waals surface area contributed by atoms with Gasteiger partial charge in [-0.1, -0.05) is 30.3 Å². The average Bonchev–Trinajstić information content (AvgIpc) is 2.44. The van der Waals surface area contributed by atoms with Crippen LogP contribution in [0.2, 0.25) is 0 Å². The highest BCUT2D eigenvalue weighted by molar-refractivity contribution is 5.42. The summed E-state index contributed by atoms with van der Waals surface area (Å²) < 4.78 is 19.7. The molecule has 0 aliphatic carbocycles. The van der Waals surface area contributed by atoms with Crippen molar-refractivity contribution in [2.75, 3.05) is 7.05 Å². The molecule has 0 saturated heterocycles. The maximum absolute atomic E-state index is 13.8. The first-order valence-electron chi connectivity index (χ1n) is 7.21. The molecule has 2 rings (SSSR count). The van der Waals surface area contributed by atoms with Gasteiger partial charge in [0.2, 0.25) is 0 Å². The first-order chi connectivity index (χ1) is 10.0. The largest absolute Gasteiger partial charge is 0.491 e. The number of aryl methyl sites for hydroxylation is 1. The van der Waals surface area contributed by atoms with E-state index in [4.69, 9.17) is 4.74 Å². The molecule has 1 atom stereocenters. The van der Waals surface area contributed by atoms with Crippen molar-refractivity contribution in [3.05, 3.63) is 65.0 Å². The van der Waals surface area contributed by atoms with Crippen molar-refractivity contribution < 1.29 is 9.13 Å². The van der Waals surface area contributed by atoms with Crippen molar-refractivity contribution >= 4 is 0 Å². The summed E-state index contributed by atoms with van der Waals surface area (Å²) in [6.07, 6.45) is 0.0958. The smallest absolute Gasteiger partial charge is 0.126 e. The van der Waals surface area contributed by atoms with Crippen LogP contribution in [0.3, 0.4) is 0 Å². The highest BCUT2D eigenvalue weighted by Crippen LogP contribution is 2.31. The molecule has 0 spiro atoms. The minimum Gasteiger partial charge on any atom is -0.491 e. The molecule has 0 amide bonds. The first kappa shape index (κ1) is 15.5. The van der Waals surface area contributed by atoms with Gasteiger partial charge >= 0.3 is 0 Å². The van der Waals surface area contributed by atoms with Crippen LogP contribution >= 0.6 is 0 Å². The molecule has 2 nitrogen and oxygen atoms in total. The van der Waals surface area contributed by atoms with Crippen LogP contribution in [-0.2, 0) is 0 Å². The second-order valence-corrected chi connectivity index (χ2v) is 5.43. The SMILES string of the molecule is CNC(c1ccc(C)c(F)c1)c1ccccc1OC(C)C. The monoisotopic (exact) mass is 287 g/mol. The van der Waals surface area contributed by atoms with Crippen LogP contribution in [0.1, 0.15) is 36.6 Å². The number of hydrogen-bond donors (Lipinski definition) is 1. The van der Waals surface area contributed by atoms with Gasteiger partial charge in [0.25, 0.3) is 0 Å². The normalized spacial score (nSPS) is 12.5. The van der Waals surface area contributed by atoms with Gasteiger partial charge in [0, 0.05) is 5.56 Å². The van der Waals surface area contributed by atoms with Gasteiger partial charge in [-0.05, 0) is 51.1 Å². The van der Waals surface area contributed by atoms with E-state index in [1.54, 1.807) is 19.1 Å². The van der Waals surface area contributed by atoms with Crippen molar-refractivity contribution in [3.8, 4) is 5.75 Å². The van der Waals surface area contributed by atoms with Gasteiger partial charge in [-0.3, -0.25) is 0 Å². The van der Waals surface area contributed by atoms with Gasteiger partial charge in [0.15, 0.2) is 0 Å². The topological polar surface area (TPSA) is 21.3 Å². The zero-order chi connectivity index (χ0) is 15.4. The van der Waals surface area contributed by atoms with Crippen LogP contribution in [0.4, 0.5) is 4.39 Å². The molecular formula is C18H22FNO. The fraction of sp³-hybridized carbons (Fsp3) is 0.333. The maximum Gasteiger partial charge on any atom is 0.126 e. The van der Waals surface area contributed by atoms with Crippen molar-refractivity contribution in [3.63, 3.8) is 0 Å². The van der Waals surface area contributed by atoms with E-state index in [0.29, 0.717) is 5.56 Å². The molecule has 0 fully saturated rings. The number of halogens is 1. The third-order valence-corrected chi connectivity index (χ3v) is 3.41. The number of ether oxygens (including phenoxy) is 1. The summed E-state index contributed by atoms with van der Waals surface area (Å²) in [6.45, 7) is 5.76. The second-order valence-electron chi connectivity index (χ2n) is 5.43. The lowest BCUT2D eigenvalue weighted by atomic mass is 9.97. The Bertz CT molecular complexity index is 610. The predicted molar refractivity (Wildman–Crippen MR) is 84.2 cm³/mol. The van der Waals surface area contributed by atoms with E-state index in [2.05, 4.69) is 5.32 Å². The molecule has 0 heterocycles. The highest BCUT2D eigenvalue weighted by atomic mass is 19.1. The number of para-hydroxylation sites is 1. The lowest BCUT2D eigenvalue weighted by Gasteiger charge is -2.22. The summed E-state index contributed by atoms with van der Waals surface area (Å²) in [5.74, 6) is 0.642. The summed E-state index contributed by atoms with van der Waals surface area (Å²) >= 11 is 0. The predicted octanol–water partition coefficient (Wildman–Crippen LogP) is 4.23. The molecule has 21 heavy (non-hydrogen) atoms. The Hall–Kier alpha value is -1.87. The van der Waals surface area contributed by atoms with Crippen LogP contribution in [0, 0.1) is 12.7 Å². The highest BCUT2D eigenvalue weighted by Gasteiger charge is 2.18.